The lowest BCUT2D eigenvalue weighted by Crippen LogP contribution is -2.28. The second-order valence-electron chi connectivity index (χ2n) is 6.87. The van der Waals surface area contributed by atoms with E-state index in [-0.39, 0.29) is 6.04 Å². The van der Waals surface area contributed by atoms with E-state index in [2.05, 4.69) is 25.5 Å². The minimum atomic E-state index is -4.39. The quantitative estimate of drug-likeness (QED) is 0.851. The number of ether oxygens (including phenoxy) is 1. The summed E-state index contributed by atoms with van der Waals surface area (Å²) >= 11 is 0. The van der Waals surface area contributed by atoms with Gasteiger partial charge in [0.1, 0.15) is 5.82 Å². The van der Waals surface area contributed by atoms with Crippen LogP contribution in [0.5, 0.6) is 0 Å². The van der Waals surface area contributed by atoms with Gasteiger partial charge in [-0.05, 0) is 25.0 Å². The molecule has 2 aliphatic heterocycles. The molecule has 0 bridgehead atoms. The fourth-order valence-electron chi connectivity index (χ4n) is 3.69. The first-order valence-electron chi connectivity index (χ1n) is 8.93. The number of rotatable bonds is 3. The number of nitrogens with one attached hydrogen (secondary N) is 2. The Labute approximate surface area is 153 Å². The first-order chi connectivity index (χ1) is 12.9. The summed E-state index contributed by atoms with van der Waals surface area (Å²) in [6.07, 6.45) is 1.22. The van der Waals surface area contributed by atoms with Gasteiger partial charge in [-0.2, -0.15) is 18.3 Å². The second-order valence-corrected chi connectivity index (χ2v) is 6.87. The SMILES string of the molecule is CC1C(C(F)(F)F)=CC=NC1c1[nH]nc2ccnc(NC3CCOCC3)c12. The third-order valence-corrected chi connectivity index (χ3v) is 5.15. The smallest absolute Gasteiger partial charge is 0.381 e. The maximum absolute atomic E-state index is 13.3. The number of hydrogen-bond donors (Lipinski definition) is 2. The molecule has 0 amide bonds. The molecule has 2 N–H and O–H groups in total. The molecule has 4 heterocycles. The van der Waals surface area contributed by atoms with Crippen molar-refractivity contribution in [1.29, 1.82) is 0 Å². The number of halogens is 3. The van der Waals surface area contributed by atoms with Crippen molar-refractivity contribution in [2.75, 3.05) is 18.5 Å². The summed E-state index contributed by atoms with van der Waals surface area (Å²) < 4.78 is 45.3. The lowest BCUT2D eigenvalue weighted by molar-refractivity contribution is -0.0994. The summed E-state index contributed by atoms with van der Waals surface area (Å²) in [5.74, 6) is -0.205. The first kappa shape index (κ1) is 18.0. The van der Waals surface area contributed by atoms with Crippen molar-refractivity contribution in [2.24, 2.45) is 10.9 Å². The molecule has 144 valence electrons. The lowest BCUT2D eigenvalue weighted by atomic mass is 9.88. The van der Waals surface area contributed by atoms with E-state index < -0.39 is 23.7 Å². The zero-order valence-corrected chi connectivity index (χ0v) is 14.8. The van der Waals surface area contributed by atoms with E-state index in [0.717, 1.165) is 18.9 Å². The number of pyridine rings is 1. The van der Waals surface area contributed by atoms with Crippen LogP contribution in [0.1, 0.15) is 31.5 Å². The number of allylic oxidation sites excluding steroid dienone is 1. The fraction of sp³-hybridized carbons (Fsp3) is 0.500. The van der Waals surface area contributed by atoms with E-state index >= 15 is 0 Å². The highest BCUT2D eigenvalue weighted by Crippen LogP contribution is 2.43. The van der Waals surface area contributed by atoms with Crippen LogP contribution in [0.25, 0.3) is 10.9 Å². The molecule has 4 rings (SSSR count). The molecule has 0 spiro atoms. The molecule has 2 unspecified atom stereocenters. The summed E-state index contributed by atoms with van der Waals surface area (Å²) in [6, 6.07) is 1.25. The number of nitrogens with zero attached hydrogens (tertiary/aromatic N) is 3. The highest BCUT2D eigenvalue weighted by molar-refractivity contribution is 5.92. The van der Waals surface area contributed by atoms with Crippen LogP contribution in [0.15, 0.2) is 28.9 Å². The Morgan fingerprint density at radius 2 is 2.04 bits per heavy atom. The van der Waals surface area contributed by atoms with Crippen molar-refractivity contribution in [1.82, 2.24) is 15.2 Å². The van der Waals surface area contributed by atoms with Gasteiger partial charge < -0.3 is 10.1 Å². The number of dihydropyridines is 1. The summed E-state index contributed by atoms with van der Waals surface area (Å²) in [5, 5.41) is 11.3. The van der Waals surface area contributed by atoms with Crippen LogP contribution < -0.4 is 5.32 Å². The minimum Gasteiger partial charge on any atom is -0.381 e. The number of aromatic amines is 1. The molecule has 1 fully saturated rings. The third-order valence-electron chi connectivity index (χ3n) is 5.15. The first-order valence-corrected chi connectivity index (χ1v) is 8.93. The topological polar surface area (TPSA) is 75.2 Å². The fourth-order valence-corrected chi connectivity index (χ4v) is 3.69. The standard InChI is InChI=1S/C18H20F3N5O/c1-10-12(18(19,20)21)2-6-22-15(10)16-14-13(25-26-16)3-7-23-17(14)24-11-4-8-27-9-5-11/h2-3,6-7,10-11,15H,4-5,8-9H2,1H3,(H,23,24)(H,25,26). The molecule has 0 radical (unpaired) electrons. The van der Waals surface area contributed by atoms with Crippen molar-refractivity contribution in [3.05, 3.63) is 29.6 Å². The molecule has 2 aliphatic rings. The Hall–Kier alpha value is -2.42. The maximum atomic E-state index is 13.3. The van der Waals surface area contributed by atoms with E-state index in [9.17, 15) is 13.2 Å². The van der Waals surface area contributed by atoms with Gasteiger partial charge in [0.05, 0.1) is 22.6 Å². The molecular formula is C18H20F3N5O. The van der Waals surface area contributed by atoms with Crippen LogP contribution in [0, 0.1) is 5.92 Å². The molecule has 6 nitrogen and oxygen atoms in total. The molecule has 2 aromatic rings. The van der Waals surface area contributed by atoms with E-state index in [0.29, 0.717) is 35.6 Å². The zero-order chi connectivity index (χ0) is 19.0. The number of aromatic nitrogens is 3. The van der Waals surface area contributed by atoms with Crippen molar-refractivity contribution in [3.8, 4) is 0 Å². The van der Waals surface area contributed by atoms with Crippen LogP contribution in [0.2, 0.25) is 0 Å². The van der Waals surface area contributed by atoms with E-state index in [1.807, 2.05) is 0 Å². The number of hydrogen-bond acceptors (Lipinski definition) is 5. The van der Waals surface area contributed by atoms with Gasteiger partial charge in [-0.25, -0.2) is 4.98 Å². The minimum absolute atomic E-state index is 0.206. The Morgan fingerprint density at radius 1 is 1.26 bits per heavy atom. The van der Waals surface area contributed by atoms with Gasteiger partial charge in [0.2, 0.25) is 0 Å². The lowest BCUT2D eigenvalue weighted by Gasteiger charge is -2.27. The van der Waals surface area contributed by atoms with Gasteiger partial charge in [-0.1, -0.05) is 6.92 Å². The van der Waals surface area contributed by atoms with E-state index in [1.165, 1.54) is 13.1 Å². The van der Waals surface area contributed by atoms with Gasteiger partial charge in [0.15, 0.2) is 0 Å². The Balaban J connectivity index is 1.70. The summed E-state index contributed by atoms with van der Waals surface area (Å²) in [7, 11) is 0. The van der Waals surface area contributed by atoms with Gasteiger partial charge in [0.25, 0.3) is 0 Å². The van der Waals surface area contributed by atoms with Crippen LogP contribution in [0.3, 0.4) is 0 Å². The molecule has 0 saturated carbocycles. The molecule has 9 heteroatoms. The normalized spacial score (nSPS) is 24.2. The number of anilines is 1. The Morgan fingerprint density at radius 3 is 2.78 bits per heavy atom. The predicted octanol–water partition coefficient (Wildman–Crippen LogP) is 3.80. The van der Waals surface area contributed by atoms with E-state index in [4.69, 9.17) is 4.74 Å². The van der Waals surface area contributed by atoms with Crippen LogP contribution in [0.4, 0.5) is 19.0 Å². The van der Waals surface area contributed by atoms with Crippen molar-refractivity contribution in [3.63, 3.8) is 0 Å². The number of aliphatic imine (C=N–C) groups is 1. The van der Waals surface area contributed by atoms with Gasteiger partial charge in [-0.3, -0.25) is 10.1 Å². The highest BCUT2D eigenvalue weighted by Gasteiger charge is 2.42. The third kappa shape index (κ3) is 3.43. The molecular weight excluding hydrogens is 359 g/mol. The average molecular weight is 379 g/mol. The zero-order valence-electron chi connectivity index (χ0n) is 14.8. The molecule has 1 saturated heterocycles. The molecule has 2 atom stereocenters. The second kappa shape index (κ2) is 6.95. The monoisotopic (exact) mass is 379 g/mol. The van der Waals surface area contributed by atoms with Crippen molar-refractivity contribution < 1.29 is 17.9 Å². The average Bonchev–Trinajstić information content (AvgIpc) is 3.07. The molecule has 27 heavy (non-hydrogen) atoms. The van der Waals surface area contributed by atoms with Crippen molar-refractivity contribution in [2.45, 2.75) is 38.0 Å². The Bertz CT molecular complexity index is 883. The molecule has 0 aliphatic carbocycles. The highest BCUT2D eigenvalue weighted by atomic mass is 19.4. The van der Waals surface area contributed by atoms with Crippen LogP contribution in [-0.4, -0.2) is 46.8 Å². The molecule has 2 aromatic heterocycles. The van der Waals surface area contributed by atoms with Gasteiger partial charge in [0, 0.05) is 43.2 Å². The Kier molecular flexibility index (Phi) is 4.63. The largest absolute Gasteiger partial charge is 0.413 e. The number of fused-ring (bicyclic) bond motifs is 1. The summed E-state index contributed by atoms with van der Waals surface area (Å²) in [6.45, 7) is 2.89. The van der Waals surface area contributed by atoms with E-state index in [1.54, 1.807) is 12.3 Å². The summed E-state index contributed by atoms with van der Waals surface area (Å²) in [5.41, 5.74) is 0.611. The van der Waals surface area contributed by atoms with Crippen molar-refractivity contribution >= 4 is 22.9 Å². The van der Waals surface area contributed by atoms with Crippen LogP contribution in [-0.2, 0) is 4.74 Å². The van der Waals surface area contributed by atoms with Gasteiger partial charge >= 0.3 is 6.18 Å². The van der Waals surface area contributed by atoms with Gasteiger partial charge in [-0.15, -0.1) is 0 Å². The number of alkyl halides is 3. The number of H-pyrrole nitrogens is 1. The summed E-state index contributed by atoms with van der Waals surface area (Å²) in [4.78, 5) is 8.73. The molecule has 0 aromatic carbocycles. The van der Waals surface area contributed by atoms with Crippen LogP contribution >= 0.6 is 0 Å². The predicted molar refractivity (Wildman–Crippen MR) is 95.9 cm³/mol. The maximum Gasteiger partial charge on any atom is 0.413 e.